The van der Waals surface area contributed by atoms with E-state index in [1.165, 1.54) is 12.1 Å². The lowest BCUT2D eigenvalue weighted by Gasteiger charge is -2.19. The van der Waals surface area contributed by atoms with Gasteiger partial charge >= 0.3 is 6.03 Å². The highest BCUT2D eigenvalue weighted by molar-refractivity contribution is 6.18. The highest BCUT2D eigenvalue weighted by atomic mass is 19.1. The van der Waals surface area contributed by atoms with Gasteiger partial charge < -0.3 is 5.32 Å². The van der Waals surface area contributed by atoms with Crippen molar-refractivity contribution in [3.63, 3.8) is 0 Å². The van der Waals surface area contributed by atoms with Crippen molar-refractivity contribution in [2.45, 2.75) is 12.8 Å². The molecule has 0 fully saturated rings. The fraction of sp³-hybridized carbons (Fsp3) is 0.0870. The van der Waals surface area contributed by atoms with Gasteiger partial charge in [-0.25, -0.2) is 14.2 Å². The highest BCUT2D eigenvalue weighted by Gasteiger charge is 2.26. The number of amidine groups is 1. The Hall–Kier alpha value is -3.80. The number of anilines is 1. The molecular formula is C23H19FN4O. The summed E-state index contributed by atoms with van der Waals surface area (Å²) in [6.07, 6.45) is 0. The van der Waals surface area contributed by atoms with E-state index >= 15 is 0 Å². The number of urea groups is 1. The van der Waals surface area contributed by atoms with Gasteiger partial charge in [-0.15, -0.1) is 0 Å². The summed E-state index contributed by atoms with van der Waals surface area (Å²) in [7, 11) is 0. The molecule has 0 aliphatic carbocycles. The number of carbonyl (C=O) groups is 1. The van der Waals surface area contributed by atoms with Crippen LogP contribution in [0.25, 0.3) is 0 Å². The minimum absolute atomic E-state index is 0.325. The fourth-order valence-electron chi connectivity index (χ4n) is 3.25. The van der Waals surface area contributed by atoms with Crippen LogP contribution in [-0.4, -0.2) is 17.6 Å². The Morgan fingerprint density at radius 1 is 0.828 bits per heavy atom. The van der Waals surface area contributed by atoms with Crippen molar-refractivity contribution in [1.29, 1.82) is 0 Å². The summed E-state index contributed by atoms with van der Waals surface area (Å²) in [5.41, 5.74) is 3.59. The SMILES string of the molecule is CC1=Nc2ccccc2N=C(NC(=O)Nc2ccccc2)C1c1ccc(F)cc1. The van der Waals surface area contributed by atoms with Gasteiger partial charge in [0.05, 0.1) is 17.3 Å². The van der Waals surface area contributed by atoms with Crippen LogP contribution in [0, 0.1) is 5.82 Å². The number of carbonyl (C=O) groups excluding carboxylic acids is 1. The normalized spacial score (nSPS) is 15.4. The predicted molar refractivity (Wildman–Crippen MR) is 114 cm³/mol. The van der Waals surface area contributed by atoms with Crippen molar-refractivity contribution in [2.24, 2.45) is 9.98 Å². The van der Waals surface area contributed by atoms with Gasteiger partial charge in [0.25, 0.3) is 0 Å². The van der Waals surface area contributed by atoms with Crippen molar-refractivity contribution >= 4 is 34.6 Å². The largest absolute Gasteiger partial charge is 0.324 e. The lowest BCUT2D eigenvalue weighted by molar-refractivity contribution is 0.256. The number of benzene rings is 3. The molecule has 6 heteroatoms. The van der Waals surface area contributed by atoms with E-state index in [1.54, 1.807) is 24.3 Å². The van der Waals surface area contributed by atoms with Crippen LogP contribution < -0.4 is 10.6 Å². The molecule has 1 unspecified atom stereocenters. The molecule has 0 bridgehead atoms. The van der Waals surface area contributed by atoms with E-state index in [4.69, 9.17) is 4.99 Å². The first-order valence-corrected chi connectivity index (χ1v) is 9.21. The van der Waals surface area contributed by atoms with E-state index in [2.05, 4.69) is 15.6 Å². The minimum atomic E-state index is -0.412. The third-order valence-corrected chi connectivity index (χ3v) is 4.59. The van der Waals surface area contributed by atoms with E-state index in [-0.39, 0.29) is 5.82 Å². The summed E-state index contributed by atoms with van der Waals surface area (Å²) in [5, 5.41) is 5.67. The monoisotopic (exact) mass is 386 g/mol. The van der Waals surface area contributed by atoms with E-state index in [0.29, 0.717) is 17.2 Å². The Balaban J connectivity index is 1.71. The summed E-state index contributed by atoms with van der Waals surface area (Å²) < 4.78 is 13.5. The van der Waals surface area contributed by atoms with Crippen LogP contribution in [0.15, 0.2) is 88.8 Å². The van der Waals surface area contributed by atoms with Gasteiger partial charge in [0, 0.05) is 11.4 Å². The molecule has 1 heterocycles. The van der Waals surface area contributed by atoms with Crippen molar-refractivity contribution in [1.82, 2.24) is 5.32 Å². The molecule has 29 heavy (non-hydrogen) atoms. The van der Waals surface area contributed by atoms with Crippen LogP contribution in [-0.2, 0) is 0 Å². The quantitative estimate of drug-likeness (QED) is 0.594. The number of fused-ring (bicyclic) bond motifs is 1. The van der Waals surface area contributed by atoms with Gasteiger partial charge in [0.1, 0.15) is 11.7 Å². The molecule has 0 saturated heterocycles. The Labute approximate surface area is 168 Å². The van der Waals surface area contributed by atoms with Gasteiger partial charge in [-0.05, 0) is 48.9 Å². The maximum absolute atomic E-state index is 13.5. The number of amides is 2. The van der Waals surface area contributed by atoms with Crippen molar-refractivity contribution < 1.29 is 9.18 Å². The molecule has 5 nitrogen and oxygen atoms in total. The molecule has 4 rings (SSSR count). The smallest absolute Gasteiger partial charge is 0.308 e. The van der Waals surface area contributed by atoms with E-state index in [9.17, 15) is 9.18 Å². The minimum Gasteiger partial charge on any atom is -0.308 e. The van der Waals surface area contributed by atoms with Crippen LogP contribution in [0.1, 0.15) is 18.4 Å². The number of aliphatic imine (C=N–C) groups is 2. The summed E-state index contributed by atoms with van der Waals surface area (Å²) in [5.74, 6) is -0.311. The number of para-hydroxylation sites is 3. The molecular weight excluding hydrogens is 367 g/mol. The molecule has 1 aliphatic rings. The average Bonchev–Trinajstić information content (AvgIpc) is 2.85. The van der Waals surface area contributed by atoms with Crippen LogP contribution in [0.3, 0.4) is 0 Å². The van der Waals surface area contributed by atoms with Crippen LogP contribution in [0.5, 0.6) is 0 Å². The number of halogens is 1. The number of hydrogen-bond acceptors (Lipinski definition) is 3. The van der Waals surface area contributed by atoms with Gasteiger partial charge in [-0.1, -0.05) is 42.5 Å². The number of nitrogens with one attached hydrogen (secondary N) is 2. The Morgan fingerprint density at radius 2 is 1.45 bits per heavy atom. The zero-order valence-corrected chi connectivity index (χ0v) is 15.8. The molecule has 1 aliphatic heterocycles. The van der Waals surface area contributed by atoms with Gasteiger partial charge in [0.15, 0.2) is 0 Å². The summed E-state index contributed by atoms with van der Waals surface area (Å²) >= 11 is 0. The second-order valence-corrected chi connectivity index (χ2v) is 6.67. The maximum Gasteiger partial charge on any atom is 0.324 e. The third-order valence-electron chi connectivity index (χ3n) is 4.59. The second-order valence-electron chi connectivity index (χ2n) is 6.67. The molecule has 144 valence electrons. The standard InChI is InChI=1S/C23H19FN4O/c1-15-21(16-11-13-17(24)14-12-16)22(27-20-10-6-5-9-19(20)25-15)28-23(29)26-18-7-3-2-4-8-18/h2-14,21H,1H3,(H2,26,27,28,29). The van der Waals surface area contributed by atoms with Gasteiger partial charge in [0.2, 0.25) is 0 Å². The number of hydrogen-bond donors (Lipinski definition) is 2. The molecule has 2 amide bonds. The maximum atomic E-state index is 13.5. The highest BCUT2D eigenvalue weighted by Crippen LogP contribution is 2.34. The molecule has 0 saturated carbocycles. The molecule has 1 atom stereocenters. The number of rotatable bonds is 2. The van der Waals surface area contributed by atoms with Crippen molar-refractivity contribution in [3.8, 4) is 0 Å². The second kappa shape index (κ2) is 8.06. The Bertz CT molecular complexity index is 1090. The van der Waals surface area contributed by atoms with E-state index in [0.717, 1.165) is 17.0 Å². The molecule has 2 N–H and O–H groups in total. The Morgan fingerprint density at radius 3 is 2.14 bits per heavy atom. The van der Waals surface area contributed by atoms with Crippen LogP contribution >= 0.6 is 0 Å². The van der Waals surface area contributed by atoms with E-state index < -0.39 is 11.9 Å². The van der Waals surface area contributed by atoms with Crippen molar-refractivity contribution in [3.05, 3.63) is 90.2 Å². The Kier molecular flexibility index (Phi) is 5.16. The van der Waals surface area contributed by atoms with Gasteiger partial charge in [-0.3, -0.25) is 10.3 Å². The zero-order valence-electron chi connectivity index (χ0n) is 15.8. The summed E-state index contributed by atoms with van der Waals surface area (Å²) in [6, 6.07) is 22.4. The fourth-order valence-corrected chi connectivity index (χ4v) is 3.25. The lowest BCUT2D eigenvalue weighted by atomic mass is 9.93. The van der Waals surface area contributed by atoms with Crippen molar-refractivity contribution in [2.75, 3.05) is 5.32 Å². The zero-order chi connectivity index (χ0) is 20.2. The van der Waals surface area contributed by atoms with E-state index in [1.807, 2.05) is 49.4 Å². The lowest BCUT2D eigenvalue weighted by Crippen LogP contribution is -2.39. The first kappa shape index (κ1) is 18.6. The molecule has 0 radical (unpaired) electrons. The molecule has 0 spiro atoms. The molecule has 3 aromatic carbocycles. The average molecular weight is 386 g/mol. The summed E-state index contributed by atoms with van der Waals surface area (Å²) in [6.45, 7) is 1.88. The first-order chi connectivity index (χ1) is 14.1. The predicted octanol–water partition coefficient (Wildman–Crippen LogP) is 5.57. The summed E-state index contributed by atoms with van der Waals surface area (Å²) in [4.78, 5) is 22.0. The van der Waals surface area contributed by atoms with Gasteiger partial charge in [-0.2, -0.15) is 0 Å². The van der Waals surface area contributed by atoms with Crippen LogP contribution in [0.4, 0.5) is 26.2 Å². The molecule has 0 aromatic heterocycles. The van der Waals surface area contributed by atoms with Crippen LogP contribution in [0.2, 0.25) is 0 Å². The topological polar surface area (TPSA) is 65.8 Å². The third kappa shape index (κ3) is 4.21. The first-order valence-electron chi connectivity index (χ1n) is 9.21. The molecule has 3 aromatic rings. The number of nitrogens with zero attached hydrogens (tertiary/aromatic N) is 2.